The van der Waals surface area contributed by atoms with Gasteiger partial charge in [-0.15, -0.1) is 0 Å². The maximum atomic E-state index is 12.4. The molecular weight excluding hydrogens is 375 g/mol. The molecule has 1 aromatic carbocycles. The highest BCUT2D eigenvalue weighted by Crippen LogP contribution is 2.12. The second-order valence-corrected chi connectivity index (χ2v) is 6.77. The highest BCUT2D eigenvalue weighted by molar-refractivity contribution is 14.1. The molecule has 0 N–H and O–H groups in total. The maximum Gasteiger partial charge on any atom is 0.261 e. The monoisotopic (exact) mass is 398 g/mol. The second kappa shape index (κ2) is 8.51. The lowest BCUT2D eigenvalue weighted by atomic mass is 10.1. The second-order valence-electron chi connectivity index (χ2n) is 5.53. The number of nitrogens with zero attached hydrogens (tertiary/aromatic N) is 2. The average Bonchev–Trinajstić information content (AvgIpc) is 2.49. The van der Waals surface area contributed by atoms with E-state index in [0.717, 1.165) is 27.4 Å². The minimum absolute atomic E-state index is 0.0875. The molecule has 21 heavy (non-hydrogen) atoms. The van der Waals surface area contributed by atoms with Crippen molar-refractivity contribution in [2.45, 2.75) is 58.4 Å². The number of aryl methyl sites for hydroxylation is 1. The van der Waals surface area contributed by atoms with Gasteiger partial charge in [-0.3, -0.25) is 9.36 Å². The van der Waals surface area contributed by atoms with Crippen molar-refractivity contribution in [2.75, 3.05) is 0 Å². The van der Waals surface area contributed by atoms with Gasteiger partial charge in [-0.05, 0) is 47.2 Å². The van der Waals surface area contributed by atoms with Crippen molar-refractivity contribution in [3.05, 3.63) is 38.5 Å². The van der Waals surface area contributed by atoms with E-state index in [-0.39, 0.29) is 5.56 Å². The number of benzene rings is 1. The predicted molar refractivity (Wildman–Crippen MR) is 96.7 cm³/mol. The van der Waals surface area contributed by atoms with Crippen LogP contribution in [0.25, 0.3) is 10.9 Å². The molecule has 0 radical (unpaired) electrons. The van der Waals surface area contributed by atoms with Crippen molar-refractivity contribution >= 4 is 33.5 Å². The third-order valence-electron chi connectivity index (χ3n) is 3.79. The summed E-state index contributed by atoms with van der Waals surface area (Å²) in [7, 11) is 0. The van der Waals surface area contributed by atoms with Crippen molar-refractivity contribution < 1.29 is 0 Å². The lowest BCUT2D eigenvalue weighted by Gasteiger charge is -2.07. The summed E-state index contributed by atoms with van der Waals surface area (Å²) in [6.45, 7) is 3.02. The van der Waals surface area contributed by atoms with E-state index in [4.69, 9.17) is 0 Å². The molecular formula is C17H23IN2O. The van der Waals surface area contributed by atoms with Crippen LogP contribution in [-0.4, -0.2) is 9.55 Å². The number of hydrogen-bond donors (Lipinski definition) is 0. The zero-order valence-electron chi connectivity index (χ0n) is 12.6. The smallest absolute Gasteiger partial charge is 0.261 e. The lowest BCUT2D eigenvalue weighted by molar-refractivity contribution is 0.541. The van der Waals surface area contributed by atoms with Crippen LogP contribution in [0.15, 0.2) is 29.3 Å². The van der Waals surface area contributed by atoms with E-state index in [1.807, 2.05) is 18.2 Å². The summed E-state index contributed by atoms with van der Waals surface area (Å²) in [6.07, 6.45) is 10.5. The van der Waals surface area contributed by atoms with Crippen LogP contribution in [-0.2, 0) is 6.54 Å². The molecule has 0 saturated carbocycles. The van der Waals surface area contributed by atoms with Gasteiger partial charge in [-0.2, -0.15) is 0 Å². The summed E-state index contributed by atoms with van der Waals surface area (Å²) < 4.78 is 2.83. The van der Waals surface area contributed by atoms with Crippen LogP contribution < -0.4 is 5.56 Å². The van der Waals surface area contributed by atoms with Gasteiger partial charge in [-0.1, -0.05) is 45.4 Å². The number of hydrogen-bond acceptors (Lipinski definition) is 2. The van der Waals surface area contributed by atoms with Crippen molar-refractivity contribution in [3.63, 3.8) is 0 Å². The summed E-state index contributed by atoms with van der Waals surface area (Å²) in [4.78, 5) is 16.8. The molecule has 0 aliphatic rings. The first-order valence-corrected chi connectivity index (χ1v) is 8.95. The number of aromatic nitrogens is 2. The van der Waals surface area contributed by atoms with Gasteiger partial charge in [0.2, 0.25) is 0 Å². The number of unbranched alkanes of at least 4 members (excludes halogenated alkanes) is 6. The Labute approximate surface area is 139 Å². The standard InChI is InChI=1S/C17H23IN2O/c1-2-3-4-5-6-7-8-11-20-13-19-16-10-9-14(18)12-15(16)17(20)21/h9-10,12-13H,2-8,11H2,1H3. The summed E-state index contributed by atoms with van der Waals surface area (Å²) in [5.74, 6) is 0. The molecule has 2 rings (SSSR count). The summed E-state index contributed by atoms with van der Waals surface area (Å²) >= 11 is 2.23. The van der Waals surface area contributed by atoms with E-state index in [9.17, 15) is 4.79 Å². The van der Waals surface area contributed by atoms with E-state index in [2.05, 4.69) is 34.5 Å². The van der Waals surface area contributed by atoms with Gasteiger partial charge in [-0.25, -0.2) is 4.98 Å². The Balaban J connectivity index is 1.91. The molecule has 0 spiro atoms. The van der Waals surface area contributed by atoms with Gasteiger partial charge in [0.25, 0.3) is 5.56 Å². The molecule has 0 bridgehead atoms. The molecule has 2 aromatic rings. The zero-order valence-corrected chi connectivity index (χ0v) is 14.8. The first-order valence-electron chi connectivity index (χ1n) is 7.87. The Morgan fingerprint density at radius 1 is 1.10 bits per heavy atom. The largest absolute Gasteiger partial charge is 0.299 e. The third kappa shape index (κ3) is 4.80. The van der Waals surface area contributed by atoms with Crippen molar-refractivity contribution in [1.29, 1.82) is 0 Å². The molecule has 0 atom stereocenters. The number of fused-ring (bicyclic) bond motifs is 1. The average molecular weight is 398 g/mol. The Bertz CT molecular complexity index is 636. The van der Waals surface area contributed by atoms with Crippen molar-refractivity contribution in [3.8, 4) is 0 Å². The Morgan fingerprint density at radius 3 is 2.57 bits per heavy atom. The zero-order chi connectivity index (χ0) is 15.1. The van der Waals surface area contributed by atoms with Gasteiger partial charge in [0.05, 0.1) is 17.2 Å². The topological polar surface area (TPSA) is 34.9 Å². The van der Waals surface area contributed by atoms with Gasteiger partial charge < -0.3 is 0 Å². The molecule has 0 aliphatic carbocycles. The SMILES string of the molecule is CCCCCCCCCn1cnc2ccc(I)cc2c1=O. The quantitative estimate of drug-likeness (QED) is 0.475. The fourth-order valence-electron chi connectivity index (χ4n) is 2.53. The van der Waals surface area contributed by atoms with Crippen LogP contribution in [0.1, 0.15) is 51.9 Å². The van der Waals surface area contributed by atoms with E-state index in [1.165, 1.54) is 38.5 Å². The van der Waals surface area contributed by atoms with Crippen molar-refractivity contribution in [2.24, 2.45) is 0 Å². The van der Waals surface area contributed by atoms with Crippen LogP contribution in [0.3, 0.4) is 0 Å². The molecule has 114 valence electrons. The normalized spacial score (nSPS) is 11.1. The third-order valence-corrected chi connectivity index (χ3v) is 4.46. The van der Waals surface area contributed by atoms with E-state index in [1.54, 1.807) is 10.9 Å². The van der Waals surface area contributed by atoms with Crippen LogP contribution in [0.2, 0.25) is 0 Å². The first kappa shape index (κ1) is 16.5. The Morgan fingerprint density at radius 2 is 1.81 bits per heavy atom. The maximum absolute atomic E-state index is 12.4. The van der Waals surface area contributed by atoms with Gasteiger partial charge >= 0.3 is 0 Å². The molecule has 0 unspecified atom stereocenters. The fraction of sp³-hybridized carbons (Fsp3) is 0.529. The van der Waals surface area contributed by atoms with E-state index in [0.29, 0.717) is 0 Å². The number of rotatable bonds is 8. The van der Waals surface area contributed by atoms with Crippen LogP contribution in [0, 0.1) is 3.57 Å². The van der Waals surface area contributed by atoms with Crippen LogP contribution >= 0.6 is 22.6 Å². The minimum atomic E-state index is 0.0875. The molecule has 4 heteroatoms. The lowest BCUT2D eigenvalue weighted by Crippen LogP contribution is -2.20. The highest BCUT2D eigenvalue weighted by Gasteiger charge is 2.04. The molecule has 1 heterocycles. The van der Waals surface area contributed by atoms with Gasteiger partial charge in [0.1, 0.15) is 0 Å². The van der Waals surface area contributed by atoms with Crippen LogP contribution in [0.5, 0.6) is 0 Å². The molecule has 0 aliphatic heterocycles. The van der Waals surface area contributed by atoms with Gasteiger partial charge in [0, 0.05) is 10.1 Å². The molecule has 0 fully saturated rings. The van der Waals surface area contributed by atoms with E-state index >= 15 is 0 Å². The predicted octanol–water partition coefficient (Wildman–Crippen LogP) is 4.75. The highest BCUT2D eigenvalue weighted by atomic mass is 127. The Hall–Kier alpha value is -0.910. The van der Waals surface area contributed by atoms with Gasteiger partial charge in [0.15, 0.2) is 0 Å². The van der Waals surface area contributed by atoms with E-state index < -0.39 is 0 Å². The fourth-order valence-corrected chi connectivity index (χ4v) is 3.02. The minimum Gasteiger partial charge on any atom is -0.299 e. The van der Waals surface area contributed by atoms with Crippen molar-refractivity contribution in [1.82, 2.24) is 9.55 Å². The first-order chi connectivity index (χ1) is 10.2. The summed E-state index contributed by atoms with van der Waals surface area (Å²) in [6, 6.07) is 5.82. The molecule has 3 nitrogen and oxygen atoms in total. The van der Waals surface area contributed by atoms with Crippen LogP contribution in [0.4, 0.5) is 0 Å². The summed E-state index contributed by atoms with van der Waals surface area (Å²) in [5.41, 5.74) is 0.876. The molecule has 0 amide bonds. The molecule has 1 aromatic heterocycles. The molecule has 0 saturated heterocycles. The summed E-state index contributed by atoms with van der Waals surface area (Å²) in [5, 5.41) is 0.729. The number of halogens is 1. The Kier molecular flexibility index (Phi) is 6.67.